The van der Waals surface area contributed by atoms with Crippen molar-refractivity contribution in [3.05, 3.63) is 89.7 Å². The molecule has 1 heterocycles. The molecule has 2 aromatic carbocycles. The Morgan fingerprint density at radius 3 is 2.25 bits per heavy atom. The first kappa shape index (κ1) is 34.5. The summed E-state index contributed by atoms with van der Waals surface area (Å²) in [4.78, 5) is 44.4. The Kier molecular flexibility index (Phi) is 11.9. The maximum absolute atomic E-state index is 13.8. The van der Waals surface area contributed by atoms with Gasteiger partial charge in [0.15, 0.2) is 0 Å². The molecule has 7 nitrogen and oxygen atoms in total. The zero-order valence-corrected chi connectivity index (χ0v) is 27.6. The van der Waals surface area contributed by atoms with Crippen LogP contribution in [0.2, 0.25) is 0 Å². The highest BCUT2D eigenvalue weighted by Crippen LogP contribution is 2.28. The van der Waals surface area contributed by atoms with Crippen LogP contribution in [0.4, 0.5) is 0 Å². The molecule has 44 heavy (non-hydrogen) atoms. The summed E-state index contributed by atoms with van der Waals surface area (Å²) in [6.45, 7) is 15.1. The van der Waals surface area contributed by atoms with Crippen LogP contribution < -0.4 is 10.6 Å². The van der Waals surface area contributed by atoms with Gasteiger partial charge in [-0.3, -0.25) is 19.4 Å². The minimum Gasteiger partial charge on any atom is -0.460 e. The van der Waals surface area contributed by atoms with Gasteiger partial charge in [-0.1, -0.05) is 80.9 Å². The Morgan fingerprint density at radius 1 is 0.886 bits per heavy atom. The van der Waals surface area contributed by atoms with Crippen molar-refractivity contribution >= 4 is 17.8 Å². The lowest BCUT2D eigenvalue weighted by Gasteiger charge is -2.32. The van der Waals surface area contributed by atoms with Crippen molar-refractivity contribution in [2.45, 2.75) is 98.8 Å². The van der Waals surface area contributed by atoms with Gasteiger partial charge < -0.3 is 15.4 Å². The van der Waals surface area contributed by atoms with Crippen LogP contribution in [0.1, 0.15) is 90.5 Å². The molecule has 0 aliphatic carbocycles. The van der Waals surface area contributed by atoms with Crippen LogP contribution in [0.3, 0.4) is 0 Å². The standard InChI is InChI=1S/C37H49N3O4/c1-25-14-11-17-28(22-25)31-20-10-9-15-27(31)16-12-18-29(23-32(41)44-37(6,7)8)34(42)40-33(36(3,4)5)35(43)39-26(2)30-19-13-21-38-24-30/h9-11,13-15,17,19-22,24,26,29,33H,12,16,18,23H2,1-8H3,(H,39,43)(H,40,42). The first-order valence-electron chi connectivity index (χ1n) is 15.5. The van der Waals surface area contributed by atoms with Crippen molar-refractivity contribution in [2.24, 2.45) is 11.3 Å². The lowest BCUT2D eigenvalue weighted by Crippen LogP contribution is -2.55. The van der Waals surface area contributed by atoms with Crippen LogP contribution in [0, 0.1) is 18.3 Å². The summed E-state index contributed by atoms with van der Waals surface area (Å²) in [7, 11) is 0. The summed E-state index contributed by atoms with van der Waals surface area (Å²) in [6, 6.07) is 19.3. The summed E-state index contributed by atoms with van der Waals surface area (Å²) in [5.41, 5.74) is 4.33. The monoisotopic (exact) mass is 599 g/mol. The van der Waals surface area contributed by atoms with Gasteiger partial charge in [-0.15, -0.1) is 0 Å². The van der Waals surface area contributed by atoms with Crippen LogP contribution in [0.15, 0.2) is 73.1 Å². The Hall–Kier alpha value is -4.00. The zero-order chi connectivity index (χ0) is 32.5. The third kappa shape index (κ3) is 10.6. The van der Waals surface area contributed by atoms with E-state index in [1.807, 2.05) is 72.7 Å². The number of carbonyl (C=O) groups excluding carboxylic acids is 3. The van der Waals surface area contributed by atoms with Gasteiger partial charge in [-0.2, -0.15) is 0 Å². The number of aryl methyl sites for hydroxylation is 2. The number of benzene rings is 2. The van der Waals surface area contributed by atoms with E-state index in [-0.39, 0.29) is 24.3 Å². The van der Waals surface area contributed by atoms with Gasteiger partial charge in [-0.25, -0.2) is 0 Å². The van der Waals surface area contributed by atoms with Crippen molar-refractivity contribution < 1.29 is 19.1 Å². The molecule has 0 bridgehead atoms. The number of carbonyl (C=O) groups is 3. The number of hydrogen-bond acceptors (Lipinski definition) is 5. The molecule has 0 spiro atoms. The second-order valence-electron chi connectivity index (χ2n) is 13.7. The minimum atomic E-state index is -0.808. The molecule has 0 fully saturated rings. The van der Waals surface area contributed by atoms with E-state index in [0.717, 1.165) is 23.1 Å². The van der Waals surface area contributed by atoms with Gasteiger partial charge in [0.1, 0.15) is 11.6 Å². The molecule has 236 valence electrons. The summed E-state index contributed by atoms with van der Waals surface area (Å²) in [5.74, 6) is -1.69. The normalized spacial score (nSPS) is 13.8. The van der Waals surface area contributed by atoms with Crippen molar-refractivity contribution in [3.63, 3.8) is 0 Å². The molecule has 3 rings (SSSR count). The van der Waals surface area contributed by atoms with Crippen LogP contribution in [0.25, 0.3) is 11.1 Å². The molecule has 3 aromatic rings. The second-order valence-corrected chi connectivity index (χ2v) is 13.7. The fraction of sp³-hybridized carbons (Fsp3) is 0.459. The maximum atomic E-state index is 13.8. The molecule has 0 saturated heterocycles. The molecule has 0 aliphatic heterocycles. The summed E-state index contributed by atoms with van der Waals surface area (Å²) < 4.78 is 5.59. The molecule has 3 unspecified atom stereocenters. The average molecular weight is 600 g/mol. The van der Waals surface area contributed by atoms with Crippen LogP contribution in [-0.4, -0.2) is 34.4 Å². The Labute approximate surface area is 263 Å². The SMILES string of the molecule is Cc1cccc(-c2ccccc2CCCC(CC(=O)OC(C)(C)C)C(=O)NC(C(=O)NC(C)c2cccnc2)C(C)(C)C)c1. The maximum Gasteiger partial charge on any atom is 0.307 e. The van der Waals surface area contributed by atoms with E-state index in [2.05, 4.69) is 58.9 Å². The zero-order valence-electron chi connectivity index (χ0n) is 27.6. The first-order chi connectivity index (χ1) is 20.6. The highest BCUT2D eigenvalue weighted by atomic mass is 16.6. The molecule has 7 heteroatoms. The molecule has 2 N–H and O–H groups in total. The van der Waals surface area contributed by atoms with Crippen molar-refractivity contribution in [3.8, 4) is 11.1 Å². The average Bonchev–Trinajstić information content (AvgIpc) is 2.94. The largest absolute Gasteiger partial charge is 0.460 e. The smallest absolute Gasteiger partial charge is 0.307 e. The predicted molar refractivity (Wildman–Crippen MR) is 176 cm³/mol. The number of hydrogen-bond donors (Lipinski definition) is 2. The molecule has 1 aromatic heterocycles. The predicted octanol–water partition coefficient (Wildman–Crippen LogP) is 7.14. The lowest BCUT2D eigenvalue weighted by atomic mass is 9.85. The van der Waals surface area contributed by atoms with Gasteiger partial charge in [-0.05, 0) is 87.6 Å². The van der Waals surface area contributed by atoms with Gasteiger partial charge >= 0.3 is 5.97 Å². The van der Waals surface area contributed by atoms with Gasteiger partial charge in [0.2, 0.25) is 11.8 Å². The lowest BCUT2D eigenvalue weighted by molar-refractivity contribution is -0.157. The van der Waals surface area contributed by atoms with Crippen molar-refractivity contribution in [1.82, 2.24) is 15.6 Å². The molecule has 2 amide bonds. The molecule has 3 atom stereocenters. The molecule has 0 saturated carbocycles. The summed E-state index contributed by atoms with van der Waals surface area (Å²) in [6.07, 6.45) is 5.24. The molecule has 0 aliphatic rings. The van der Waals surface area contributed by atoms with Crippen LogP contribution in [0.5, 0.6) is 0 Å². The summed E-state index contributed by atoms with van der Waals surface area (Å²) >= 11 is 0. The van der Waals surface area contributed by atoms with Crippen LogP contribution in [-0.2, 0) is 25.5 Å². The summed E-state index contributed by atoms with van der Waals surface area (Å²) in [5, 5.41) is 6.02. The van der Waals surface area contributed by atoms with Gasteiger partial charge in [0, 0.05) is 18.3 Å². The number of aromatic nitrogens is 1. The number of pyridine rings is 1. The number of amides is 2. The van der Waals surface area contributed by atoms with Crippen molar-refractivity contribution in [1.29, 1.82) is 0 Å². The highest BCUT2D eigenvalue weighted by molar-refractivity contribution is 5.90. The van der Waals surface area contributed by atoms with E-state index in [4.69, 9.17) is 4.74 Å². The van der Waals surface area contributed by atoms with E-state index in [1.54, 1.807) is 12.4 Å². The topological polar surface area (TPSA) is 97.4 Å². The Morgan fingerprint density at radius 2 is 1.61 bits per heavy atom. The molecule has 0 radical (unpaired) electrons. The van der Waals surface area contributed by atoms with E-state index >= 15 is 0 Å². The van der Waals surface area contributed by atoms with E-state index in [1.165, 1.54) is 11.1 Å². The number of ether oxygens (including phenoxy) is 1. The second kappa shape index (κ2) is 15.1. The molecular weight excluding hydrogens is 550 g/mol. The minimum absolute atomic E-state index is 0.0623. The third-order valence-corrected chi connectivity index (χ3v) is 7.51. The number of nitrogens with one attached hydrogen (secondary N) is 2. The first-order valence-corrected chi connectivity index (χ1v) is 15.5. The highest BCUT2D eigenvalue weighted by Gasteiger charge is 2.36. The van der Waals surface area contributed by atoms with E-state index in [0.29, 0.717) is 12.8 Å². The number of nitrogens with zero attached hydrogens (tertiary/aromatic N) is 1. The van der Waals surface area contributed by atoms with Crippen molar-refractivity contribution in [2.75, 3.05) is 0 Å². The van der Waals surface area contributed by atoms with E-state index in [9.17, 15) is 14.4 Å². The fourth-order valence-corrected chi connectivity index (χ4v) is 5.23. The quantitative estimate of drug-likeness (QED) is 0.216. The van der Waals surface area contributed by atoms with Crippen LogP contribution >= 0.6 is 0 Å². The Balaban J connectivity index is 1.77. The van der Waals surface area contributed by atoms with Gasteiger partial charge in [0.25, 0.3) is 0 Å². The molecular formula is C37H49N3O4. The van der Waals surface area contributed by atoms with Gasteiger partial charge in [0.05, 0.1) is 12.5 Å². The third-order valence-electron chi connectivity index (χ3n) is 7.51. The number of rotatable bonds is 12. The Bertz CT molecular complexity index is 1410. The fourth-order valence-electron chi connectivity index (χ4n) is 5.23. The van der Waals surface area contributed by atoms with E-state index < -0.39 is 28.9 Å². The number of esters is 1.